The van der Waals surface area contributed by atoms with Crippen molar-refractivity contribution in [2.24, 2.45) is 0 Å². The Morgan fingerprint density at radius 1 is 1.37 bits per heavy atom. The lowest BCUT2D eigenvalue weighted by atomic mass is 10.3. The molecule has 0 saturated heterocycles. The van der Waals surface area contributed by atoms with Gasteiger partial charge in [-0.3, -0.25) is 9.69 Å². The van der Waals surface area contributed by atoms with E-state index in [9.17, 15) is 4.79 Å². The first-order chi connectivity index (χ1) is 9.25. The molecular weight excluding hydrogens is 278 g/mol. The van der Waals surface area contributed by atoms with Crippen LogP contribution in [0.1, 0.15) is 4.88 Å². The molecule has 0 aliphatic carbocycles. The lowest BCUT2D eigenvalue weighted by molar-refractivity contribution is -0.115. The number of aromatic nitrogens is 1. The summed E-state index contributed by atoms with van der Waals surface area (Å²) in [5.74, 6) is 0.544. The summed E-state index contributed by atoms with van der Waals surface area (Å²) in [6, 6.07) is 7.54. The van der Waals surface area contributed by atoms with Crippen LogP contribution in [-0.2, 0) is 4.79 Å². The van der Waals surface area contributed by atoms with Crippen LogP contribution in [0.2, 0.25) is 0 Å². The number of fused-ring (bicyclic) bond motifs is 1. The second kappa shape index (κ2) is 5.07. The summed E-state index contributed by atoms with van der Waals surface area (Å²) >= 11 is 3.10. The minimum Gasteiger partial charge on any atom is -0.321 e. The van der Waals surface area contributed by atoms with Crippen LogP contribution in [0.4, 0.5) is 5.82 Å². The molecule has 0 unspecified atom stereocenters. The minimum absolute atomic E-state index is 0.0924. The highest BCUT2D eigenvalue weighted by Gasteiger charge is 2.21. The van der Waals surface area contributed by atoms with E-state index in [1.54, 1.807) is 24.6 Å². The standard InChI is InChI=1S/C13H11N3OS2/c1-16(12-4-2-3-6-14-12)13(17)9-8-11-10(19-15-9)5-7-18-11/h2-8,15H,1H3. The molecule has 19 heavy (non-hydrogen) atoms. The van der Waals surface area contributed by atoms with Crippen LogP contribution in [0, 0.1) is 0 Å². The molecule has 6 heteroatoms. The van der Waals surface area contributed by atoms with E-state index < -0.39 is 0 Å². The van der Waals surface area contributed by atoms with Gasteiger partial charge < -0.3 is 4.72 Å². The summed E-state index contributed by atoms with van der Waals surface area (Å²) in [7, 11) is 1.72. The maximum absolute atomic E-state index is 12.4. The number of nitrogens with zero attached hydrogens (tertiary/aromatic N) is 2. The van der Waals surface area contributed by atoms with E-state index >= 15 is 0 Å². The summed E-state index contributed by atoms with van der Waals surface area (Å²) in [6.45, 7) is 0. The van der Waals surface area contributed by atoms with Gasteiger partial charge >= 0.3 is 0 Å². The fourth-order valence-electron chi connectivity index (χ4n) is 1.71. The van der Waals surface area contributed by atoms with Crippen molar-refractivity contribution in [2.75, 3.05) is 11.9 Å². The molecule has 3 heterocycles. The Bertz CT molecular complexity index is 636. The molecule has 1 aliphatic rings. The van der Waals surface area contributed by atoms with Gasteiger partial charge in [-0.05, 0) is 41.6 Å². The molecule has 4 nitrogen and oxygen atoms in total. The number of pyridine rings is 1. The molecule has 0 radical (unpaired) electrons. The normalized spacial score (nSPS) is 13.2. The average Bonchev–Trinajstić information content (AvgIpc) is 2.94. The molecule has 0 aromatic carbocycles. The summed E-state index contributed by atoms with van der Waals surface area (Å²) in [5.41, 5.74) is 0.577. The topological polar surface area (TPSA) is 45.2 Å². The molecule has 0 atom stereocenters. The highest BCUT2D eigenvalue weighted by atomic mass is 32.2. The number of carbonyl (C=O) groups excluding carboxylic acids is 1. The van der Waals surface area contributed by atoms with Gasteiger partial charge in [0.05, 0.1) is 0 Å². The van der Waals surface area contributed by atoms with E-state index in [1.807, 2.05) is 35.7 Å². The van der Waals surface area contributed by atoms with Crippen molar-refractivity contribution in [2.45, 2.75) is 4.90 Å². The van der Waals surface area contributed by atoms with Crippen molar-refractivity contribution in [3.05, 3.63) is 46.4 Å². The SMILES string of the molecule is CN(C(=O)C1=Cc2sccc2SN1)c1ccccn1. The van der Waals surface area contributed by atoms with Crippen LogP contribution in [0.3, 0.4) is 0 Å². The third-order valence-electron chi connectivity index (χ3n) is 2.73. The second-order valence-electron chi connectivity index (χ2n) is 3.96. The Hall–Kier alpha value is -1.79. The van der Waals surface area contributed by atoms with Crippen LogP contribution in [0.5, 0.6) is 0 Å². The van der Waals surface area contributed by atoms with E-state index in [4.69, 9.17) is 0 Å². The molecule has 0 fully saturated rings. The second-order valence-corrected chi connectivity index (χ2v) is 5.76. The zero-order valence-electron chi connectivity index (χ0n) is 10.2. The Labute approximate surface area is 119 Å². The lowest BCUT2D eigenvalue weighted by Gasteiger charge is -2.20. The van der Waals surface area contributed by atoms with E-state index in [1.165, 1.54) is 16.8 Å². The van der Waals surface area contributed by atoms with Crippen LogP contribution in [0.15, 0.2) is 46.4 Å². The van der Waals surface area contributed by atoms with E-state index in [0.29, 0.717) is 11.5 Å². The van der Waals surface area contributed by atoms with Gasteiger partial charge in [0.1, 0.15) is 11.5 Å². The largest absolute Gasteiger partial charge is 0.321 e. The molecule has 0 bridgehead atoms. The number of hydrogen-bond acceptors (Lipinski definition) is 5. The van der Waals surface area contributed by atoms with Gasteiger partial charge in [-0.15, -0.1) is 11.3 Å². The predicted molar refractivity (Wildman–Crippen MR) is 78.9 cm³/mol. The molecular formula is C13H11N3OS2. The molecule has 1 aliphatic heterocycles. The van der Waals surface area contributed by atoms with Crippen LogP contribution in [-0.4, -0.2) is 17.9 Å². The van der Waals surface area contributed by atoms with Gasteiger partial charge in [-0.2, -0.15) is 0 Å². The number of nitrogens with one attached hydrogen (secondary N) is 1. The van der Waals surface area contributed by atoms with E-state index in [0.717, 1.165) is 9.77 Å². The third-order valence-corrected chi connectivity index (χ3v) is 4.62. The molecule has 96 valence electrons. The number of likely N-dealkylation sites (N-methyl/N-ethyl adjacent to an activating group) is 1. The number of carbonyl (C=O) groups is 1. The van der Waals surface area contributed by atoms with Crippen molar-refractivity contribution in [1.82, 2.24) is 9.71 Å². The predicted octanol–water partition coefficient (Wildman–Crippen LogP) is 2.76. The van der Waals surface area contributed by atoms with E-state index in [-0.39, 0.29) is 5.91 Å². The number of hydrogen-bond donors (Lipinski definition) is 1. The first-order valence-corrected chi connectivity index (χ1v) is 7.36. The van der Waals surface area contributed by atoms with Crippen molar-refractivity contribution in [1.29, 1.82) is 0 Å². The number of thiophene rings is 1. The zero-order valence-corrected chi connectivity index (χ0v) is 11.8. The molecule has 2 aromatic rings. The fourth-order valence-corrected chi connectivity index (χ4v) is 3.45. The van der Waals surface area contributed by atoms with Gasteiger partial charge in [-0.1, -0.05) is 6.07 Å². The summed E-state index contributed by atoms with van der Waals surface area (Å²) < 4.78 is 3.08. The third kappa shape index (κ3) is 2.36. The van der Waals surface area contributed by atoms with Crippen molar-refractivity contribution in [3.8, 4) is 0 Å². The first kappa shape index (κ1) is 12.3. The number of rotatable bonds is 2. The maximum atomic E-state index is 12.4. The maximum Gasteiger partial charge on any atom is 0.276 e. The molecule has 1 N–H and O–H groups in total. The molecule has 0 spiro atoms. The Balaban J connectivity index is 1.86. The number of amides is 1. The van der Waals surface area contributed by atoms with Gasteiger partial charge in [-0.25, -0.2) is 4.98 Å². The summed E-state index contributed by atoms with van der Waals surface area (Å²) in [5, 5.41) is 2.02. The molecule has 1 amide bonds. The van der Waals surface area contributed by atoms with Crippen LogP contribution < -0.4 is 9.62 Å². The average molecular weight is 289 g/mol. The smallest absolute Gasteiger partial charge is 0.276 e. The van der Waals surface area contributed by atoms with E-state index in [2.05, 4.69) is 9.71 Å². The minimum atomic E-state index is -0.0924. The molecule has 0 saturated carbocycles. The van der Waals surface area contributed by atoms with Gasteiger partial charge in [0.2, 0.25) is 0 Å². The lowest BCUT2D eigenvalue weighted by Crippen LogP contribution is -2.32. The van der Waals surface area contributed by atoms with Crippen LogP contribution >= 0.6 is 23.3 Å². The van der Waals surface area contributed by atoms with Crippen molar-refractivity contribution < 1.29 is 4.79 Å². The van der Waals surface area contributed by atoms with Crippen molar-refractivity contribution >= 4 is 41.1 Å². The Morgan fingerprint density at radius 3 is 3.05 bits per heavy atom. The van der Waals surface area contributed by atoms with Crippen molar-refractivity contribution in [3.63, 3.8) is 0 Å². The van der Waals surface area contributed by atoms with Gasteiger partial charge in [0.25, 0.3) is 5.91 Å². The van der Waals surface area contributed by atoms with Crippen LogP contribution in [0.25, 0.3) is 6.08 Å². The first-order valence-electron chi connectivity index (χ1n) is 5.67. The highest BCUT2D eigenvalue weighted by Crippen LogP contribution is 2.32. The molecule has 2 aromatic heterocycles. The fraction of sp³-hybridized carbons (Fsp3) is 0.0769. The molecule has 3 rings (SSSR count). The summed E-state index contributed by atoms with van der Waals surface area (Å²) in [6.07, 6.45) is 3.56. The monoisotopic (exact) mass is 289 g/mol. The highest BCUT2D eigenvalue weighted by molar-refractivity contribution is 7.97. The zero-order chi connectivity index (χ0) is 13.2. The van der Waals surface area contributed by atoms with Gasteiger partial charge in [0.15, 0.2) is 0 Å². The number of anilines is 1. The van der Waals surface area contributed by atoms with Gasteiger partial charge in [0, 0.05) is 23.0 Å². The Morgan fingerprint density at radius 2 is 2.26 bits per heavy atom. The summed E-state index contributed by atoms with van der Waals surface area (Å²) in [4.78, 5) is 20.4. The Kier molecular flexibility index (Phi) is 3.27. The quantitative estimate of drug-likeness (QED) is 0.864.